The molecular weight excluding hydrogens is 167 g/mol. The van der Waals surface area contributed by atoms with Crippen molar-refractivity contribution in [3.05, 3.63) is 0 Å². The molecule has 0 fully saturated rings. The molecule has 0 aliphatic rings. The van der Waals surface area contributed by atoms with Crippen LogP contribution in [0.2, 0.25) is 0 Å². The zero-order chi connectivity index (χ0) is 4.50. The van der Waals surface area contributed by atoms with Crippen molar-refractivity contribution < 1.29 is 35.6 Å². The fourth-order valence-corrected chi connectivity index (χ4v) is 0. The normalized spacial score (nSPS) is 6.67. The summed E-state index contributed by atoms with van der Waals surface area (Å²) < 4.78 is 0. The maximum atomic E-state index is 7.33. The maximum Gasteiger partial charge on any atom is 3.00 e. The Labute approximate surface area is 62.7 Å². The summed E-state index contributed by atoms with van der Waals surface area (Å²) in [7, 11) is -4.61. The summed E-state index contributed by atoms with van der Waals surface area (Å²) in [4.78, 5) is 29.3. The first kappa shape index (κ1) is 34.0. The molecule has 9 heavy (non-hydrogen) atoms. The minimum atomic E-state index is -4.61. The zero-order valence-electron chi connectivity index (χ0n) is 4.21. The van der Waals surface area contributed by atoms with Crippen LogP contribution in [-0.2, 0) is 0 Å². The summed E-state index contributed by atoms with van der Waals surface area (Å²) in [6.45, 7) is 0. The van der Waals surface area contributed by atoms with Gasteiger partial charge in [-0.2, -0.15) is 0 Å². The van der Waals surface area contributed by atoms with Gasteiger partial charge in [-0.25, -0.2) is 0 Å². The molecule has 0 spiro atoms. The Morgan fingerprint density at radius 1 is 0.667 bits per heavy atom. The number of hydrogen-bond acceptors (Lipinski definition) is 7. The van der Waals surface area contributed by atoms with Gasteiger partial charge in [0, 0.05) is 0 Å². The molecule has 0 radical (unpaired) electrons. The summed E-state index contributed by atoms with van der Waals surface area (Å²) in [6, 6.07) is 0. The fraction of sp³-hybridized carbons (Fsp3) is 0. The summed E-state index contributed by atoms with van der Waals surface area (Å²) in [5, 5.41) is 0. The summed E-state index contributed by atoms with van der Waals surface area (Å²) in [5.74, 6) is 0. The van der Waals surface area contributed by atoms with Crippen LogP contribution in [0.5, 0.6) is 0 Å². The van der Waals surface area contributed by atoms with E-state index in [2.05, 4.69) is 0 Å². The average molecular weight is 174 g/mol. The molecular formula is H7AlO7Si. The topological polar surface area (TPSA) is 171 Å². The molecule has 0 aliphatic heterocycles. The van der Waals surface area contributed by atoms with Gasteiger partial charge < -0.3 is 35.6 Å². The van der Waals surface area contributed by atoms with Gasteiger partial charge in [-0.15, -0.1) is 0 Å². The van der Waals surface area contributed by atoms with Gasteiger partial charge >= 0.3 is 26.4 Å². The first-order valence-electron chi connectivity index (χ1n) is 0.894. The Morgan fingerprint density at radius 2 is 0.667 bits per heavy atom. The molecule has 0 saturated heterocycles. The summed E-state index contributed by atoms with van der Waals surface area (Å²) >= 11 is 0. The van der Waals surface area contributed by atoms with Gasteiger partial charge in [0.1, 0.15) is 0 Å². The number of rotatable bonds is 0. The van der Waals surface area contributed by atoms with Crippen molar-refractivity contribution in [1.82, 2.24) is 0 Å². The van der Waals surface area contributed by atoms with Crippen LogP contribution in [0, 0.1) is 0 Å². The van der Waals surface area contributed by atoms with Crippen LogP contribution in [0.25, 0.3) is 0 Å². The van der Waals surface area contributed by atoms with E-state index in [1.165, 1.54) is 0 Å². The molecule has 0 saturated carbocycles. The van der Waals surface area contributed by atoms with E-state index in [1.807, 2.05) is 0 Å². The smallest absolute Gasteiger partial charge is 0.870 e. The predicted molar refractivity (Wildman–Crippen MR) is 26.2 cm³/mol. The monoisotopic (exact) mass is 174 g/mol. The molecule has 0 bridgehead atoms. The molecule has 0 amide bonds. The second-order valence-corrected chi connectivity index (χ2v) is 1.80. The van der Waals surface area contributed by atoms with Crippen LogP contribution >= 0.6 is 0 Å². The third-order valence-electron chi connectivity index (χ3n) is 0. The van der Waals surface area contributed by atoms with Crippen LogP contribution in [0.15, 0.2) is 0 Å². The molecule has 7 nitrogen and oxygen atoms in total. The van der Waals surface area contributed by atoms with E-state index in [0.717, 1.165) is 0 Å². The minimum Gasteiger partial charge on any atom is -0.870 e. The Kier molecular flexibility index (Phi) is 42.7. The summed E-state index contributed by atoms with van der Waals surface area (Å²) in [5.41, 5.74) is 0. The standard InChI is InChI=1S/Al.H4O4Si.3H2O/c;1-5(2,3)4;;;/h;1-4H;3*1H2/q+3;;;;/p-3. The first-order chi connectivity index (χ1) is 2.00. The Morgan fingerprint density at radius 3 is 0.667 bits per heavy atom. The first-order valence-corrected chi connectivity index (χ1v) is 2.68. The van der Waals surface area contributed by atoms with Gasteiger partial charge in [-0.05, 0) is 0 Å². The predicted octanol–water partition coefficient (Wildman–Crippen LogP) is -3.52. The minimum absolute atomic E-state index is 0. The van der Waals surface area contributed by atoms with Crippen LogP contribution < -0.4 is 0 Å². The van der Waals surface area contributed by atoms with Gasteiger partial charge in [-0.3, -0.25) is 0 Å². The average Bonchev–Trinajstić information content (AvgIpc) is 0.722. The number of hydrogen-bond donors (Lipinski definition) is 4. The van der Waals surface area contributed by atoms with Crippen LogP contribution in [0.1, 0.15) is 0 Å². The summed E-state index contributed by atoms with van der Waals surface area (Å²) in [6.07, 6.45) is 0. The zero-order valence-corrected chi connectivity index (χ0v) is 6.36. The second kappa shape index (κ2) is 11.3. The largest absolute Gasteiger partial charge is 3.00 e. The van der Waals surface area contributed by atoms with Crippen molar-refractivity contribution in [2.45, 2.75) is 0 Å². The third kappa shape index (κ3) is 1610. The van der Waals surface area contributed by atoms with E-state index in [1.54, 1.807) is 0 Å². The quantitative estimate of drug-likeness (QED) is 0.275. The van der Waals surface area contributed by atoms with Crippen molar-refractivity contribution >= 4 is 26.4 Å². The fourth-order valence-electron chi connectivity index (χ4n) is 0. The molecule has 0 aromatic rings. The van der Waals surface area contributed by atoms with Crippen LogP contribution in [-0.4, -0.2) is 62.0 Å². The van der Waals surface area contributed by atoms with Crippen LogP contribution in [0.3, 0.4) is 0 Å². The molecule has 0 rings (SSSR count). The van der Waals surface area contributed by atoms with E-state index in [-0.39, 0.29) is 33.8 Å². The van der Waals surface area contributed by atoms with Gasteiger partial charge in [-0.1, -0.05) is 0 Å². The van der Waals surface area contributed by atoms with E-state index in [0.29, 0.717) is 0 Å². The Hall–Kier alpha value is 0.469. The van der Waals surface area contributed by atoms with Crippen molar-refractivity contribution in [1.29, 1.82) is 0 Å². The van der Waals surface area contributed by atoms with E-state index in [4.69, 9.17) is 19.2 Å². The molecule has 0 unspecified atom stereocenters. The third-order valence-corrected chi connectivity index (χ3v) is 0. The maximum absolute atomic E-state index is 7.33. The second-order valence-electron chi connectivity index (χ2n) is 0.600. The molecule has 0 aromatic heterocycles. The van der Waals surface area contributed by atoms with Crippen molar-refractivity contribution in [2.24, 2.45) is 0 Å². The van der Waals surface area contributed by atoms with E-state index in [9.17, 15) is 0 Å². The van der Waals surface area contributed by atoms with Gasteiger partial charge in [0.25, 0.3) is 0 Å². The van der Waals surface area contributed by atoms with E-state index >= 15 is 0 Å². The van der Waals surface area contributed by atoms with Crippen molar-refractivity contribution in [2.75, 3.05) is 0 Å². The molecule has 56 valence electrons. The molecule has 0 heterocycles. The van der Waals surface area contributed by atoms with Gasteiger partial charge in [0.15, 0.2) is 0 Å². The molecule has 0 aromatic carbocycles. The Bertz CT molecular complexity index is 24.4. The van der Waals surface area contributed by atoms with Crippen molar-refractivity contribution in [3.8, 4) is 0 Å². The SMILES string of the molecule is O[Si](O)(O)O.[Al+3].[OH-].[OH-].[OH-]. The van der Waals surface area contributed by atoms with Crippen molar-refractivity contribution in [3.63, 3.8) is 0 Å². The molecule has 7 N–H and O–H groups in total. The molecule has 9 heteroatoms. The van der Waals surface area contributed by atoms with E-state index < -0.39 is 9.05 Å². The molecule has 0 aliphatic carbocycles. The van der Waals surface area contributed by atoms with Crippen LogP contribution in [0.4, 0.5) is 0 Å². The Balaban J connectivity index is -0.0000000133. The van der Waals surface area contributed by atoms with Gasteiger partial charge in [0.05, 0.1) is 0 Å². The molecule has 0 atom stereocenters. The van der Waals surface area contributed by atoms with Gasteiger partial charge in [0.2, 0.25) is 0 Å².